The predicted molar refractivity (Wildman–Crippen MR) is 132 cm³/mol. The SMILES string of the molecule is CCCCN1C(=O)c2[nH]nc(-c3cc(Cl)c(C)cc3O)c2C1c1ccc(OCC)c(OCC)c1. The van der Waals surface area contributed by atoms with Gasteiger partial charge in [0.1, 0.15) is 17.1 Å². The second kappa shape index (κ2) is 9.97. The number of rotatable bonds is 9. The maximum atomic E-state index is 13.4. The number of ether oxygens (including phenoxy) is 2. The van der Waals surface area contributed by atoms with Gasteiger partial charge in [-0.15, -0.1) is 0 Å². The summed E-state index contributed by atoms with van der Waals surface area (Å²) in [6.45, 7) is 9.38. The fourth-order valence-corrected chi connectivity index (χ4v) is 4.57. The molecule has 7 nitrogen and oxygen atoms in total. The number of amides is 1. The largest absolute Gasteiger partial charge is 0.507 e. The summed E-state index contributed by atoms with van der Waals surface area (Å²) in [6, 6.07) is 8.69. The number of aromatic amines is 1. The van der Waals surface area contributed by atoms with Crippen molar-refractivity contribution in [3.05, 3.63) is 57.7 Å². The molecule has 2 heterocycles. The number of aromatic nitrogens is 2. The topological polar surface area (TPSA) is 87.7 Å². The zero-order chi connectivity index (χ0) is 24.4. The number of aromatic hydroxyl groups is 1. The minimum absolute atomic E-state index is 0.0658. The van der Waals surface area contributed by atoms with Gasteiger partial charge in [0.2, 0.25) is 0 Å². The molecule has 1 atom stereocenters. The molecule has 0 aliphatic carbocycles. The summed E-state index contributed by atoms with van der Waals surface area (Å²) in [4.78, 5) is 15.3. The van der Waals surface area contributed by atoms with Crippen LogP contribution in [0.3, 0.4) is 0 Å². The molecular weight excluding hydrogens is 454 g/mol. The Morgan fingerprint density at radius 2 is 1.85 bits per heavy atom. The molecule has 0 fully saturated rings. The average Bonchev–Trinajstić information content (AvgIpc) is 3.35. The van der Waals surface area contributed by atoms with Crippen LogP contribution >= 0.6 is 11.6 Å². The Hall–Kier alpha value is -3.19. The Balaban J connectivity index is 1.89. The zero-order valence-corrected chi connectivity index (χ0v) is 20.7. The molecule has 1 aliphatic rings. The van der Waals surface area contributed by atoms with Crippen LogP contribution < -0.4 is 9.47 Å². The van der Waals surface area contributed by atoms with Crippen molar-refractivity contribution in [1.29, 1.82) is 0 Å². The van der Waals surface area contributed by atoms with Crippen molar-refractivity contribution in [2.75, 3.05) is 19.8 Å². The summed E-state index contributed by atoms with van der Waals surface area (Å²) < 4.78 is 11.6. The van der Waals surface area contributed by atoms with Crippen LogP contribution in [-0.2, 0) is 0 Å². The van der Waals surface area contributed by atoms with Crippen LogP contribution in [0.15, 0.2) is 30.3 Å². The van der Waals surface area contributed by atoms with E-state index >= 15 is 0 Å². The standard InChI is InChI=1S/C26H30ClN3O4/c1-5-8-11-30-25(16-9-10-20(33-6-2)21(13-16)34-7-3)22-23(28-29-24(22)26(30)32)17-14-18(27)15(4)12-19(17)31/h9-10,12-14,25,31H,5-8,11H2,1-4H3,(H,28,29). The summed E-state index contributed by atoms with van der Waals surface area (Å²) in [7, 11) is 0. The number of H-pyrrole nitrogens is 1. The van der Waals surface area contributed by atoms with Crippen LogP contribution in [-0.4, -0.2) is 45.9 Å². The number of hydrogen-bond donors (Lipinski definition) is 2. The van der Waals surface area contributed by atoms with Gasteiger partial charge in [-0.05, 0) is 62.6 Å². The molecule has 1 aromatic heterocycles. The molecule has 34 heavy (non-hydrogen) atoms. The van der Waals surface area contributed by atoms with Gasteiger partial charge < -0.3 is 19.5 Å². The number of nitrogens with one attached hydrogen (secondary N) is 1. The van der Waals surface area contributed by atoms with Crippen LogP contribution in [0.2, 0.25) is 5.02 Å². The van der Waals surface area contributed by atoms with Gasteiger partial charge in [0.25, 0.3) is 5.91 Å². The monoisotopic (exact) mass is 483 g/mol. The van der Waals surface area contributed by atoms with Crippen LogP contribution in [0.5, 0.6) is 17.2 Å². The van der Waals surface area contributed by atoms with Crippen molar-refractivity contribution in [3.8, 4) is 28.5 Å². The van der Waals surface area contributed by atoms with Gasteiger partial charge in [0.15, 0.2) is 11.5 Å². The predicted octanol–water partition coefficient (Wildman–Crippen LogP) is 5.89. The third-order valence-electron chi connectivity index (χ3n) is 6.03. The van der Waals surface area contributed by atoms with Crippen molar-refractivity contribution in [1.82, 2.24) is 15.1 Å². The Morgan fingerprint density at radius 3 is 2.56 bits per heavy atom. The molecular formula is C26H30ClN3O4. The number of phenols is 1. The van der Waals surface area contributed by atoms with E-state index in [9.17, 15) is 9.90 Å². The van der Waals surface area contributed by atoms with Crippen molar-refractivity contribution in [2.24, 2.45) is 0 Å². The maximum Gasteiger partial charge on any atom is 0.273 e. The molecule has 2 aromatic carbocycles. The van der Waals surface area contributed by atoms with E-state index in [0.717, 1.165) is 29.5 Å². The minimum atomic E-state index is -0.392. The summed E-state index contributed by atoms with van der Waals surface area (Å²) in [5.74, 6) is 1.24. The lowest BCUT2D eigenvalue weighted by molar-refractivity contribution is 0.0741. The number of fused-ring (bicyclic) bond motifs is 1. The van der Waals surface area contributed by atoms with E-state index < -0.39 is 6.04 Å². The van der Waals surface area contributed by atoms with Crippen LogP contribution in [0.4, 0.5) is 0 Å². The van der Waals surface area contributed by atoms with Crippen molar-refractivity contribution in [2.45, 2.75) is 46.6 Å². The number of phenolic OH excluding ortho intramolecular Hbond substituents is 1. The highest BCUT2D eigenvalue weighted by Gasteiger charge is 2.42. The van der Waals surface area contributed by atoms with Gasteiger partial charge in [-0.3, -0.25) is 9.89 Å². The van der Waals surface area contributed by atoms with Crippen molar-refractivity contribution < 1.29 is 19.4 Å². The Morgan fingerprint density at radius 1 is 1.12 bits per heavy atom. The summed E-state index contributed by atoms with van der Waals surface area (Å²) in [6.07, 6.45) is 1.82. The van der Waals surface area contributed by atoms with Crippen LogP contribution in [0, 0.1) is 6.92 Å². The molecule has 4 rings (SSSR count). The number of hydrogen-bond acceptors (Lipinski definition) is 5. The Labute approximate surface area is 204 Å². The van der Waals surface area contributed by atoms with E-state index in [1.165, 1.54) is 0 Å². The molecule has 0 spiro atoms. The number of aryl methyl sites for hydroxylation is 1. The number of nitrogens with zero attached hydrogens (tertiary/aromatic N) is 2. The number of halogens is 1. The van der Waals surface area contributed by atoms with Gasteiger partial charge in [-0.2, -0.15) is 5.10 Å². The first kappa shape index (κ1) is 24.0. The molecule has 0 saturated carbocycles. The highest BCUT2D eigenvalue weighted by Crippen LogP contribution is 2.46. The van der Waals surface area contributed by atoms with Crippen molar-refractivity contribution >= 4 is 17.5 Å². The molecule has 1 aliphatic heterocycles. The fraction of sp³-hybridized carbons (Fsp3) is 0.385. The quantitative estimate of drug-likeness (QED) is 0.396. The molecule has 1 unspecified atom stereocenters. The first-order valence-electron chi connectivity index (χ1n) is 11.7. The number of unbranched alkanes of at least 4 members (excludes halogenated alkanes) is 1. The molecule has 1 amide bonds. The molecule has 0 saturated heterocycles. The van der Waals surface area contributed by atoms with Crippen molar-refractivity contribution in [3.63, 3.8) is 0 Å². The first-order chi connectivity index (χ1) is 16.4. The normalized spacial score (nSPS) is 15.0. The summed E-state index contributed by atoms with van der Waals surface area (Å²) >= 11 is 6.38. The fourth-order valence-electron chi connectivity index (χ4n) is 4.40. The van der Waals surface area contributed by atoms with Gasteiger partial charge in [0, 0.05) is 22.7 Å². The van der Waals surface area contributed by atoms with E-state index in [0.29, 0.717) is 53.2 Å². The van der Waals surface area contributed by atoms with E-state index in [1.807, 2.05) is 43.9 Å². The number of benzene rings is 2. The third kappa shape index (κ3) is 4.20. The molecule has 180 valence electrons. The lowest BCUT2D eigenvalue weighted by atomic mass is 9.95. The van der Waals surface area contributed by atoms with Gasteiger partial charge >= 0.3 is 0 Å². The highest BCUT2D eigenvalue weighted by molar-refractivity contribution is 6.31. The molecule has 0 radical (unpaired) electrons. The summed E-state index contributed by atoms with van der Waals surface area (Å²) in [5, 5.41) is 18.6. The highest BCUT2D eigenvalue weighted by atomic mass is 35.5. The number of carbonyl (C=O) groups is 1. The lowest BCUT2D eigenvalue weighted by Gasteiger charge is -2.27. The molecule has 0 bridgehead atoms. The van der Waals surface area contributed by atoms with Crippen LogP contribution in [0.25, 0.3) is 11.3 Å². The van der Waals surface area contributed by atoms with E-state index in [4.69, 9.17) is 21.1 Å². The smallest absolute Gasteiger partial charge is 0.273 e. The van der Waals surface area contributed by atoms with Crippen LogP contribution in [0.1, 0.15) is 66.8 Å². The van der Waals surface area contributed by atoms with Gasteiger partial charge in [-0.1, -0.05) is 31.0 Å². The average molecular weight is 484 g/mol. The lowest BCUT2D eigenvalue weighted by Crippen LogP contribution is -2.30. The second-order valence-electron chi connectivity index (χ2n) is 8.31. The second-order valence-corrected chi connectivity index (χ2v) is 8.71. The third-order valence-corrected chi connectivity index (χ3v) is 6.44. The minimum Gasteiger partial charge on any atom is -0.507 e. The van der Waals surface area contributed by atoms with E-state index in [1.54, 1.807) is 12.1 Å². The summed E-state index contributed by atoms with van der Waals surface area (Å²) in [5.41, 5.74) is 3.80. The number of carbonyl (C=O) groups excluding carboxylic acids is 1. The van der Waals surface area contributed by atoms with E-state index in [-0.39, 0.29) is 11.7 Å². The van der Waals surface area contributed by atoms with Gasteiger partial charge in [-0.25, -0.2) is 0 Å². The molecule has 3 aromatic rings. The maximum absolute atomic E-state index is 13.4. The Kier molecular flexibility index (Phi) is 7.03. The zero-order valence-electron chi connectivity index (χ0n) is 19.9. The van der Waals surface area contributed by atoms with E-state index in [2.05, 4.69) is 17.1 Å². The Bertz CT molecular complexity index is 1210. The molecule has 8 heteroatoms. The van der Waals surface area contributed by atoms with Gasteiger partial charge in [0.05, 0.1) is 19.3 Å². The molecule has 2 N–H and O–H groups in total. The first-order valence-corrected chi connectivity index (χ1v) is 12.1.